The average Bonchev–Trinajstić information content (AvgIpc) is 3.10. The lowest BCUT2D eigenvalue weighted by atomic mass is 10.2. The smallest absolute Gasteiger partial charge is 0.280 e. The zero-order valence-electron chi connectivity index (χ0n) is 13.3. The van der Waals surface area contributed by atoms with Gasteiger partial charge in [0, 0.05) is 12.3 Å². The minimum absolute atomic E-state index is 0.0187. The van der Waals surface area contributed by atoms with Crippen LogP contribution in [0.5, 0.6) is 0 Å². The van der Waals surface area contributed by atoms with Crippen molar-refractivity contribution in [3.63, 3.8) is 0 Å². The second-order valence-corrected chi connectivity index (χ2v) is 6.00. The standard InChI is InChI=1S/C14H19N5O5/c1-6(2)12(22)17-14-16-11-10(13(23)18-14)15-5-19(11)9-3-7(21)8(4-20)24-9/h5-9,20-21H,3-4H2,1-2H3,(H2,16,17,18,22,23)/t7-,8+,9+/m0/s1/i16+1,17+1,18+1. The van der Waals surface area contributed by atoms with Crippen LogP contribution in [-0.2, 0) is 9.53 Å². The van der Waals surface area contributed by atoms with Crippen molar-refractivity contribution < 1.29 is 19.7 Å². The number of hydrogen-bond acceptors (Lipinski definition) is 7. The highest BCUT2D eigenvalue weighted by molar-refractivity contribution is 5.91. The molecule has 1 amide bonds. The van der Waals surface area contributed by atoms with Crippen LogP contribution in [0.1, 0.15) is 26.5 Å². The van der Waals surface area contributed by atoms with Crippen LogP contribution in [-0.4, -0.2) is 54.5 Å². The highest BCUT2D eigenvalue weighted by Gasteiger charge is 2.35. The molecule has 1 aliphatic heterocycles. The number of H-pyrrole nitrogens is 1. The largest absolute Gasteiger partial charge is 0.394 e. The van der Waals surface area contributed by atoms with Crippen LogP contribution >= 0.6 is 0 Å². The van der Waals surface area contributed by atoms with Crippen LogP contribution in [0.2, 0.25) is 0 Å². The summed E-state index contributed by atoms with van der Waals surface area (Å²) < 4.78 is 7.07. The third kappa shape index (κ3) is 2.90. The first-order valence-corrected chi connectivity index (χ1v) is 7.62. The van der Waals surface area contributed by atoms with Crippen molar-refractivity contribution in [2.75, 3.05) is 11.9 Å². The van der Waals surface area contributed by atoms with Gasteiger partial charge in [-0.25, -0.2) is 4.98 Å². The molecule has 1 fully saturated rings. The molecule has 0 aliphatic carbocycles. The van der Waals surface area contributed by atoms with Crippen molar-refractivity contribution in [1.29, 1.82) is 0 Å². The van der Waals surface area contributed by atoms with Crippen LogP contribution in [0.3, 0.4) is 0 Å². The lowest BCUT2D eigenvalue weighted by molar-refractivity contribution is -0.118. The van der Waals surface area contributed by atoms with E-state index in [0.29, 0.717) is 0 Å². The third-order valence-corrected chi connectivity index (χ3v) is 3.89. The van der Waals surface area contributed by atoms with Gasteiger partial charge in [0.15, 0.2) is 11.2 Å². The highest BCUT2D eigenvalue weighted by atomic mass is 16.5. The minimum Gasteiger partial charge on any atom is -0.394 e. The van der Waals surface area contributed by atoms with Crippen LogP contribution in [0.15, 0.2) is 11.1 Å². The molecule has 0 saturated carbocycles. The van der Waals surface area contributed by atoms with Crippen LogP contribution < -0.4 is 10.9 Å². The predicted molar refractivity (Wildman–Crippen MR) is 83.2 cm³/mol. The second kappa shape index (κ2) is 6.30. The van der Waals surface area contributed by atoms with Crippen LogP contribution in [0.4, 0.5) is 5.95 Å². The lowest BCUT2D eigenvalue weighted by Gasteiger charge is -2.14. The summed E-state index contributed by atoms with van der Waals surface area (Å²) >= 11 is 0. The molecular weight excluding hydrogens is 321 g/mol. The van der Waals surface area contributed by atoms with Gasteiger partial charge in [-0.05, 0) is 0 Å². The fraction of sp³-hybridized carbons (Fsp3) is 0.571. The van der Waals surface area contributed by atoms with Gasteiger partial charge in [0.1, 0.15) is 12.3 Å². The van der Waals surface area contributed by atoms with E-state index in [2.05, 4.69) is 20.3 Å². The summed E-state index contributed by atoms with van der Waals surface area (Å²) in [6.07, 6.45) is -0.504. The molecule has 2 aromatic rings. The van der Waals surface area contributed by atoms with Crippen molar-refractivity contribution in [2.45, 2.75) is 38.7 Å². The first-order chi connectivity index (χ1) is 11.4. The normalized spacial score (nSPS) is 24.0. The fourth-order valence-corrected chi connectivity index (χ4v) is 2.51. The summed E-state index contributed by atoms with van der Waals surface area (Å²) in [6, 6.07) is 0. The number of aromatic nitrogens is 4. The molecule has 24 heavy (non-hydrogen) atoms. The van der Waals surface area contributed by atoms with Crippen LogP contribution in [0, 0.1) is 5.92 Å². The number of amides is 1. The van der Waals surface area contributed by atoms with Crippen molar-refractivity contribution in [3.8, 4) is 0 Å². The molecule has 0 aromatic carbocycles. The van der Waals surface area contributed by atoms with E-state index < -0.39 is 24.0 Å². The molecule has 10 nitrogen and oxygen atoms in total. The maximum Gasteiger partial charge on any atom is 0.280 e. The Balaban J connectivity index is 1.97. The van der Waals surface area contributed by atoms with E-state index in [4.69, 9.17) is 4.74 Å². The van der Waals surface area contributed by atoms with Gasteiger partial charge >= 0.3 is 0 Å². The summed E-state index contributed by atoms with van der Waals surface area (Å²) in [6.45, 7) is 3.13. The van der Waals surface area contributed by atoms with Gasteiger partial charge in [-0.3, -0.25) is 24.5 Å². The van der Waals surface area contributed by atoms with Gasteiger partial charge in [-0.1, -0.05) is 13.8 Å². The minimum atomic E-state index is -0.820. The molecule has 2 aromatic heterocycles. The fourth-order valence-electron chi connectivity index (χ4n) is 2.51. The maximum atomic E-state index is 12.1. The van der Waals surface area contributed by atoms with Gasteiger partial charge in [0.05, 0.1) is 19.0 Å². The number of carbonyl (C=O) groups excluding carboxylic acids is 1. The lowest BCUT2D eigenvalue weighted by Crippen LogP contribution is -2.24. The van der Waals surface area contributed by atoms with Crippen LogP contribution in [0.25, 0.3) is 11.2 Å². The Labute approximate surface area is 136 Å². The number of aromatic amines is 1. The maximum absolute atomic E-state index is 12.1. The zero-order valence-corrected chi connectivity index (χ0v) is 13.3. The molecule has 1 aliphatic rings. The number of rotatable bonds is 4. The Morgan fingerprint density at radius 2 is 2.33 bits per heavy atom. The summed E-state index contributed by atoms with van der Waals surface area (Å²) in [5.41, 5.74) is -0.160. The molecule has 130 valence electrons. The van der Waals surface area contributed by atoms with Crippen molar-refractivity contribution in [3.05, 3.63) is 16.7 Å². The summed E-state index contributed by atoms with van der Waals surface area (Å²) in [5.74, 6) is -0.531. The Morgan fingerprint density at radius 1 is 1.58 bits per heavy atom. The molecule has 0 bridgehead atoms. The molecule has 3 rings (SSSR count). The zero-order chi connectivity index (χ0) is 17.4. The number of aliphatic hydroxyl groups excluding tert-OH is 2. The number of nitrogens with one attached hydrogen (secondary N) is 2. The number of hydrogen-bond donors (Lipinski definition) is 4. The monoisotopic (exact) mass is 340 g/mol. The molecule has 10 heteroatoms. The van der Waals surface area contributed by atoms with Crippen molar-refractivity contribution in [2.24, 2.45) is 5.92 Å². The van der Waals surface area contributed by atoms with E-state index in [1.54, 1.807) is 13.8 Å². The van der Waals surface area contributed by atoms with Gasteiger partial charge in [-0.2, -0.15) is 4.98 Å². The summed E-state index contributed by atoms with van der Waals surface area (Å²) in [4.78, 5) is 34.6. The Kier molecular flexibility index (Phi) is 4.35. The second-order valence-electron chi connectivity index (χ2n) is 6.00. The van der Waals surface area contributed by atoms with Crippen molar-refractivity contribution >= 4 is 23.0 Å². The first-order valence-electron chi connectivity index (χ1n) is 7.62. The molecule has 3 atom stereocenters. The number of carbonyl (C=O) groups is 1. The van der Waals surface area contributed by atoms with E-state index in [1.807, 2.05) is 0 Å². The number of anilines is 1. The van der Waals surface area contributed by atoms with E-state index in [9.17, 15) is 19.8 Å². The quantitative estimate of drug-likeness (QED) is 0.542. The van der Waals surface area contributed by atoms with Crippen molar-refractivity contribution in [1.82, 2.24) is 19.5 Å². The number of imidazole rings is 1. The molecule has 0 unspecified atom stereocenters. The number of aliphatic hydroxyl groups is 2. The third-order valence-electron chi connectivity index (χ3n) is 3.89. The molecule has 3 heterocycles. The predicted octanol–water partition coefficient (Wildman–Crippen LogP) is -0.645. The molecular formula is C14H19N5O5. The topological polar surface area (TPSA) is 142 Å². The Hall–Kier alpha value is -2.30. The SMILES string of the molecule is CC(C)C(=O)[15NH]c1[15n]c2c(ncn2[C@H]2C[C@H](O)[C@@H](CO)O2)c(=O)[15nH]1. The molecule has 0 spiro atoms. The highest BCUT2D eigenvalue weighted by Crippen LogP contribution is 2.30. The Morgan fingerprint density at radius 3 is 2.96 bits per heavy atom. The van der Waals surface area contributed by atoms with E-state index in [-0.39, 0.29) is 42.0 Å². The molecule has 0 radical (unpaired) electrons. The van der Waals surface area contributed by atoms with Gasteiger partial charge in [0.2, 0.25) is 11.9 Å². The summed E-state index contributed by atoms with van der Waals surface area (Å²) in [5, 5.41) is 21.6. The number of nitrogens with zero attached hydrogens (tertiary/aromatic N) is 3. The molecule has 4 N–H and O–H groups in total. The van der Waals surface area contributed by atoms with Gasteiger partial charge in [-0.15, -0.1) is 0 Å². The number of fused-ring (bicyclic) bond motifs is 1. The van der Waals surface area contributed by atoms with E-state index in [1.165, 1.54) is 10.9 Å². The van der Waals surface area contributed by atoms with Gasteiger partial charge in [0.25, 0.3) is 5.56 Å². The average molecular weight is 340 g/mol. The van der Waals surface area contributed by atoms with E-state index >= 15 is 0 Å². The molecule has 1 saturated heterocycles. The number of ether oxygens (including phenoxy) is 1. The van der Waals surface area contributed by atoms with Gasteiger partial charge < -0.3 is 14.9 Å². The van der Waals surface area contributed by atoms with E-state index in [0.717, 1.165) is 0 Å². The first kappa shape index (κ1) is 16.6. The Bertz CT molecular complexity index is 813. The summed E-state index contributed by atoms with van der Waals surface area (Å²) in [7, 11) is 0.